The normalized spacial score (nSPS) is 18.4. The summed E-state index contributed by atoms with van der Waals surface area (Å²) in [6.07, 6.45) is 1.47. The van der Waals surface area contributed by atoms with Crippen LogP contribution in [-0.2, 0) is 9.59 Å². The number of benzene rings is 1. The van der Waals surface area contributed by atoms with Crippen molar-refractivity contribution in [3.63, 3.8) is 0 Å². The lowest BCUT2D eigenvalue weighted by Crippen LogP contribution is -2.45. The first-order valence-electron chi connectivity index (χ1n) is 6.28. The van der Waals surface area contributed by atoms with E-state index in [0.717, 1.165) is 6.42 Å². The molecule has 0 radical (unpaired) electrons. The van der Waals surface area contributed by atoms with Gasteiger partial charge in [-0.25, -0.2) is 0 Å². The third-order valence-corrected chi connectivity index (χ3v) is 3.27. The van der Waals surface area contributed by atoms with Crippen LogP contribution in [0.5, 0.6) is 0 Å². The Morgan fingerprint density at radius 2 is 2.11 bits per heavy atom. The molecule has 0 aliphatic carbocycles. The van der Waals surface area contributed by atoms with Gasteiger partial charge in [0.05, 0.1) is 17.9 Å². The highest BCUT2D eigenvalue weighted by atomic mass is 16.2. The zero-order chi connectivity index (χ0) is 13.8. The van der Waals surface area contributed by atoms with Crippen molar-refractivity contribution in [2.24, 2.45) is 5.73 Å². The third kappa shape index (κ3) is 2.85. The van der Waals surface area contributed by atoms with Gasteiger partial charge in [0, 0.05) is 6.54 Å². The number of likely N-dealkylation sites (tertiary alicyclic amines) is 1. The van der Waals surface area contributed by atoms with Gasteiger partial charge in [0.25, 0.3) is 0 Å². The number of nitrogen functional groups attached to an aromatic ring is 1. The number of nitrogens with one attached hydrogen (secondary N) is 1. The van der Waals surface area contributed by atoms with Crippen LogP contribution in [0.3, 0.4) is 0 Å². The van der Waals surface area contributed by atoms with Gasteiger partial charge in [-0.1, -0.05) is 12.1 Å². The van der Waals surface area contributed by atoms with E-state index in [1.165, 1.54) is 4.90 Å². The van der Waals surface area contributed by atoms with Crippen molar-refractivity contribution in [3.05, 3.63) is 24.3 Å². The van der Waals surface area contributed by atoms with Crippen LogP contribution in [0.4, 0.5) is 11.4 Å². The van der Waals surface area contributed by atoms with E-state index in [4.69, 9.17) is 11.5 Å². The van der Waals surface area contributed by atoms with Crippen LogP contribution in [-0.4, -0.2) is 35.8 Å². The summed E-state index contributed by atoms with van der Waals surface area (Å²) in [4.78, 5) is 25.4. The van der Waals surface area contributed by atoms with Crippen molar-refractivity contribution < 1.29 is 9.59 Å². The topological polar surface area (TPSA) is 101 Å². The second kappa shape index (κ2) is 5.71. The number of hydrogen-bond donors (Lipinski definition) is 3. The highest BCUT2D eigenvalue weighted by Crippen LogP contribution is 2.21. The number of para-hydroxylation sites is 2. The molecule has 0 spiro atoms. The lowest BCUT2D eigenvalue weighted by molar-refractivity contribution is -0.135. The Morgan fingerprint density at radius 3 is 2.79 bits per heavy atom. The molecule has 0 saturated carbocycles. The minimum absolute atomic E-state index is 0.0722. The molecule has 1 aliphatic rings. The summed E-state index contributed by atoms with van der Waals surface area (Å²) in [6, 6.07) is 6.59. The first-order valence-corrected chi connectivity index (χ1v) is 6.28. The number of amides is 2. The maximum atomic E-state index is 12.2. The fourth-order valence-corrected chi connectivity index (χ4v) is 2.28. The van der Waals surface area contributed by atoms with Gasteiger partial charge >= 0.3 is 0 Å². The van der Waals surface area contributed by atoms with E-state index in [2.05, 4.69) is 5.32 Å². The third-order valence-electron chi connectivity index (χ3n) is 3.27. The number of anilines is 2. The van der Waals surface area contributed by atoms with E-state index in [9.17, 15) is 9.59 Å². The van der Waals surface area contributed by atoms with Gasteiger partial charge in [0.2, 0.25) is 11.8 Å². The summed E-state index contributed by atoms with van der Waals surface area (Å²) >= 11 is 0. The van der Waals surface area contributed by atoms with Gasteiger partial charge in [-0.05, 0) is 25.0 Å². The van der Waals surface area contributed by atoms with E-state index >= 15 is 0 Å². The molecule has 1 saturated heterocycles. The second-order valence-corrected chi connectivity index (χ2v) is 4.53. The quantitative estimate of drug-likeness (QED) is 0.675. The minimum atomic E-state index is -0.448. The van der Waals surface area contributed by atoms with Gasteiger partial charge in [0.15, 0.2) is 0 Å². The molecule has 0 bridgehead atoms. The number of nitrogens with zero attached hydrogens (tertiary/aromatic N) is 1. The second-order valence-electron chi connectivity index (χ2n) is 4.53. The largest absolute Gasteiger partial charge is 0.397 e. The molecule has 1 fully saturated rings. The molecule has 102 valence electrons. The summed E-state index contributed by atoms with van der Waals surface area (Å²) in [5, 5.41) is 2.76. The van der Waals surface area contributed by atoms with E-state index in [-0.39, 0.29) is 18.4 Å². The smallest absolute Gasteiger partial charge is 0.247 e. The predicted octanol–water partition coefficient (Wildman–Crippen LogP) is 0.157. The Labute approximate surface area is 111 Å². The first-order chi connectivity index (χ1) is 9.13. The average molecular weight is 262 g/mol. The summed E-state index contributed by atoms with van der Waals surface area (Å²) in [6.45, 7) is 0.510. The van der Waals surface area contributed by atoms with Gasteiger partial charge < -0.3 is 21.7 Å². The number of carbonyl (C=O) groups is 2. The van der Waals surface area contributed by atoms with Crippen molar-refractivity contribution >= 4 is 23.2 Å². The molecule has 2 rings (SSSR count). The van der Waals surface area contributed by atoms with Gasteiger partial charge in [0.1, 0.15) is 6.04 Å². The van der Waals surface area contributed by atoms with Crippen LogP contribution < -0.4 is 16.8 Å². The van der Waals surface area contributed by atoms with E-state index < -0.39 is 6.04 Å². The molecule has 1 aromatic rings. The molecule has 6 heteroatoms. The Morgan fingerprint density at radius 1 is 1.37 bits per heavy atom. The van der Waals surface area contributed by atoms with Crippen LogP contribution in [0.2, 0.25) is 0 Å². The van der Waals surface area contributed by atoms with Crippen LogP contribution in [0.1, 0.15) is 12.8 Å². The Bertz CT molecular complexity index is 489. The number of nitrogens with two attached hydrogens (primary N) is 2. The summed E-state index contributed by atoms with van der Waals surface area (Å²) in [5.74, 6) is -0.407. The molecule has 19 heavy (non-hydrogen) atoms. The molecular formula is C13H18N4O2. The predicted molar refractivity (Wildman–Crippen MR) is 73.3 cm³/mol. The van der Waals surface area contributed by atoms with E-state index in [1.807, 2.05) is 0 Å². The monoisotopic (exact) mass is 262 g/mol. The van der Waals surface area contributed by atoms with E-state index in [0.29, 0.717) is 24.3 Å². The van der Waals surface area contributed by atoms with Crippen molar-refractivity contribution in [2.45, 2.75) is 18.9 Å². The Hall–Kier alpha value is -2.08. The van der Waals surface area contributed by atoms with E-state index in [1.54, 1.807) is 24.3 Å². The van der Waals surface area contributed by atoms with Gasteiger partial charge in [-0.15, -0.1) is 0 Å². The van der Waals surface area contributed by atoms with Gasteiger partial charge in [-0.3, -0.25) is 9.59 Å². The lowest BCUT2D eigenvalue weighted by Gasteiger charge is -2.23. The number of carbonyl (C=O) groups excluding carboxylic acids is 2. The average Bonchev–Trinajstić information content (AvgIpc) is 2.90. The molecular weight excluding hydrogens is 244 g/mol. The molecule has 1 atom stereocenters. The first kappa shape index (κ1) is 13.4. The maximum absolute atomic E-state index is 12.2. The zero-order valence-corrected chi connectivity index (χ0v) is 10.6. The molecule has 1 unspecified atom stereocenters. The highest BCUT2D eigenvalue weighted by molar-refractivity contribution is 5.99. The van der Waals surface area contributed by atoms with Crippen LogP contribution in [0, 0.1) is 0 Å². The fraction of sp³-hybridized carbons (Fsp3) is 0.385. The zero-order valence-electron chi connectivity index (χ0n) is 10.6. The highest BCUT2D eigenvalue weighted by Gasteiger charge is 2.33. The molecule has 6 nitrogen and oxygen atoms in total. The Balaban J connectivity index is 2.07. The molecule has 1 aliphatic heterocycles. The van der Waals surface area contributed by atoms with Crippen molar-refractivity contribution in [3.8, 4) is 0 Å². The number of hydrogen-bond acceptors (Lipinski definition) is 4. The molecule has 1 heterocycles. The molecule has 1 aromatic carbocycles. The minimum Gasteiger partial charge on any atom is -0.397 e. The van der Waals surface area contributed by atoms with Crippen LogP contribution in [0.25, 0.3) is 0 Å². The van der Waals surface area contributed by atoms with Crippen molar-refractivity contribution in [1.29, 1.82) is 0 Å². The van der Waals surface area contributed by atoms with Crippen LogP contribution >= 0.6 is 0 Å². The Kier molecular flexibility index (Phi) is 4.01. The SMILES string of the molecule is NCC(=O)N1CCCC1C(=O)Nc1ccccc1N. The standard InChI is InChI=1S/C13H18N4O2/c14-8-12(18)17-7-3-6-11(17)13(19)16-10-5-2-1-4-9(10)15/h1-2,4-5,11H,3,6-8,14-15H2,(H,16,19). The van der Waals surface area contributed by atoms with Gasteiger partial charge in [-0.2, -0.15) is 0 Å². The lowest BCUT2D eigenvalue weighted by atomic mass is 10.2. The summed E-state index contributed by atoms with van der Waals surface area (Å²) < 4.78 is 0. The number of rotatable bonds is 3. The van der Waals surface area contributed by atoms with Crippen LogP contribution in [0.15, 0.2) is 24.3 Å². The summed E-state index contributed by atoms with van der Waals surface area (Å²) in [7, 11) is 0. The van der Waals surface area contributed by atoms with Crippen molar-refractivity contribution in [1.82, 2.24) is 4.90 Å². The van der Waals surface area contributed by atoms with Crippen molar-refractivity contribution in [2.75, 3.05) is 24.1 Å². The fourth-order valence-electron chi connectivity index (χ4n) is 2.28. The molecule has 2 amide bonds. The maximum Gasteiger partial charge on any atom is 0.247 e. The molecule has 0 aromatic heterocycles. The molecule has 5 N–H and O–H groups in total. The summed E-state index contributed by atoms with van der Waals surface area (Å²) in [5.41, 5.74) is 12.2.